The molecular weight excluding hydrogens is 321 g/mol. The molecule has 0 fully saturated rings. The minimum atomic E-state index is -0.366. The zero-order valence-electron chi connectivity index (χ0n) is 14.1. The highest BCUT2D eigenvalue weighted by molar-refractivity contribution is 5.94. The largest absolute Gasteiger partial charge is 0.341 e. The maximum absolute atomic E-state index is 12.9. The summed E-state index contributed by atoms with van der Waals surface area (Å²) in [6.07, 6.45) is 0.471. The molecule has 6 heteroatoms. The number of carbonyl (C=O) groups excluding carboxylic acids is 1. The van der Waals surface area contributed by atoms with Gasteiger partial charge in [0, 0.05) is 31.1 Å². The van der Waals surface area contributed by atoms with Crippen molar-refractivity contribution in [2.75, 3.05) is 13.6 Å². The monoisotopic (exact) mass is 339 g/mol. The van der Waals surface area contributed by atoms with Crippen LogP contribution in [0.25, 0.3) is 11.5 Å². The molecule has 1 aromatic heterocycles. The van der Waals surface area contributed by atoms with Crippen LogP contribution >= 0.6 is 0 Å². The van der Waals surface area contributed by atoms with Gasteiger partial charge in [0.05, 0.1) is 0 Å². The van der Waals surface area contributed by atoms with Gasteiger partial charge in [-0.05, 0) is 43.3 Å². The second-order valence-corrected chi connectivity index (χ2v) is 5.87. The van der Waals surface area contributed by atoms with E-state index in [0.717, 1.165) is 11.1 Å². The van der Waals surface area contributed by atoms with Gasteiger partial charge in [-0.1, -0.05) is 22.9 Å². The molecule has 0 spiro atoms. The third kappa shape index (κ3) is 4.09. The molecule has 5 nitrogen and oxygen atoms in total. The average Bonchev–Trinajstić information content (AvgIpc) is 3.09. The normalized spacial score (nSPS) is 10.7. The van der Waals surface area contributed by atoms with E-state index in [2.05, 4.69) is 10.1 Å². The average molecular weight is 339 g/mol. The first kappa shape index (κ1) is 16.8. The molecule has 0 aliphatic rings. The fraction of sp³-hybridized carbons (Fsp3) is 0.211. The highest BCUT2D eigenvalue weighted by Gasteiger charge is 2.14. The van der Waals surface area contributed by atoms with E-state index in [1.807, 2.05) is 31.2 Å². The van der Waals surface area contributed by atoms with Crippen LogP contribution in [0.4, 0.5) is 4.39 Å². The van der Waals surface area contributed by atoms with Crippen molar-refractivity contribution in [1.29, 1.82) is 0 Å². The summed E-state index contributed by atoms with van der Waals surface area (Å²) < 4.78 is 18.2. The molecule has 1 amide bonds. The Bertz CT molecular complexity index is 874. The van der Waals surface area contributed by atoms with Crippen LogP contribution in [0.5, 0.6) is 0 Å². The highest BCUT2D eigenvalue weighted by Crippen LogP contribution is 2.18. The number of amides is 1. The van der Waals surface area contributed by atoms with Crippen LogP contribution in [0.3, 0.4) is 0 Å². The zero-order chi connectivity index (χ0) is 17.8. The molecular formula is C19H18FN3O2. The van der Waals surface area contributed by atoms with Crippen LogP contribution in [0.15, 0.2) is 53.1 Å². The summed E-state index contributed by atoms with van der Waals surface area (Å²) in [5.41, 5.74) is 2.42. The number of rotatable bonds is 5. The number of likely N-dealkylation sites (N-methyl/N-ethyl adjacent to an activating group) is 1. The van der Waals surface area contributed by atoms with Gasteiger partial charge in [-0.15, -0.1) is 0 Å². The van der Waals surface area contributed by atoms with Gasteiger partial charge in [-0.2, -0.15) is 4.98 Å². The Morgan fingerprint density at radius 3 is 2.68 bits per heavy atom. The van der Waals surface area contributed by atoms with Crippen molar-refractivity contribution in [2.45, 2.75) is 13.3 Å². The Kier molecular flexibility index (Phi) is 4.88. The molecule has 0 aliphatic heterocycles. The molecule has 0 unspecified atom stereocenters. The van der Waals surface area contributed by atoms with E-state index in [9.17, 15) is 9.18 Å². The van der Waals surface area contributed by atoms with E-state index in [0.29, 0.717) is 30.2 Å². The van der Waals surface area contributed by atoms with Crippen molar-refractivity contribution >= 4 is 5.91 Å². The van der Waals surface area contributed by atoms with Gasteiger partial charge in [-0.25, -0.2) is 4.39 Å². The summed E-state index contributed by atoms with van der Waals surface area (Å²) in [6.45, 7) is 2.43. The van der Waals surface area contributed by atoms with E-state index in [4.69, 9.17) is 4.52 Å². The Balaban J connectivity index is 1.62. The summed E-state index contributed by atoms with van der Waals surface area (Å²) in [5.74, 6) is 0.457. The van der Waals surface area contributed by atoms with E-state index in [-0.39, 0.29) is 11.7 Å². The summed E-state index contributed by atoms with van der Waals surface area (Å²) in [4.78, 5) is 18.2. The van der Waals surface area contributed by atoms with E-state index in [1.165, 1.54) is 24.3 Å². The topological polar surface area (TPSA) is 59.2 Å². The molecule has 2 aromatic carbocycles. The van der Waals surface area contributed by atoms with Crippen molar-refractivity contribution in [1.82, 2.24) is 15.0 Å². The molecule has 3 rings (SSSR count). The van der Waals surface area contributed by atoms with Crippen LogP contribution in [-0.2, 0) is 6.42 Å². The summed E-state index contributed by atoms with van der Waals surface area (Å²) in [5, 5.41) is 3.96. The van der Waals surface area contributed by atoms with E-state index < -0.39 is 0 Å². The molecule has 0 radical (unpaired) electrons. The molecule has 128 valence electrons. The number of hydrogen-bond donors (Lipinski definition) is 0. The van der Waals surface area contributed by atoms with E-state index in [1.54, 1.807) is 11.9 Å². The summed E-state index contributed by atoms with van der Waals surface area (Å²) >= 11 is 0. The van der Waals surface area contributed by atoms with Crippen molar-refractivity contribution in [3.05, 3.63) is 71.3 Å². The van der Waals surface area contributed by atoms with Crippen molar-refractivity contribution < 1.29 is 13.7 Å². The van der Waals surface area contributed by atoms with Crippen LogP contribution in [-0.4, -0.2) is 34.5 Å². The Hall–Kier alpha value is -3.02. The Morgan fingerprint density at radius 2 is 1.96 bits per heavy atom. The first-order valence-corrected chi connectivity index (χ1v) is 7.93. The summed E-state index contributed by atoms with van der Waals surface area (Å²) in [7, 11) is 1.69. The minimum Gasteiger partial charge on any atom is -0.341 e. The van der Waals surface area contributed by atoms with Crippen LogP contribution in [0.1, 0.15) is 21.7 Å². The molecule has 0 aliphatic carbocycles. The van der Waals surface area contributed by atoms with Crippen molar-refractivity contribution in [2.24, 2.45) is 0 Å². The second-order valence-electron chi connectivity index (χ2n) is 5.87. The standard InChI is InChI=1S/C19H18FN3O2/c1-13-4-3-5-15(12-13)18-21-17(22-25-18)10-11-23(2)19(24)14-6-8-16(20)9-7-14/h3-9,12H,10-11H2,1-2H3. The van der Waals surface area contributed by atoms with Crippen molar-refractivity contribution in [3.63, 3.8) is 0 Å². The fourth-order valence-electron chi connectivity index (χ4n) is 2.43. The van der Waals surface area contributed by atoms with E-state index >= 15 is 0 Å². The van der Waals surface area contributed by atoms with Crippen LogP contribution < -0.4 is 0 Å². The molecule has 25 heavy (non-hydrogen) atoms. The summed E-state index contributed by atoms with van der Waals surface area (Å²) in [6, 6.07) is 13.3. The molecule has 1 heterocycles. The smallest absolute Gasteiger partial charge is 0.257 e. The third-order valence-corrected chi connectivity index (χ3v) is 3.84. The van der Waals surface area contributed by atoms with Gasteiger partial charge < -0.3 is 9.42 Å². The van der Waals surface area contributed by atoms with Gasteiger partial charge in [0.15, 0.2) is 5.82 Å². The molecule has 0 bridgehead atoms. The molecule has 0 saturated carbocycles. The van der Waals surface area contributed by atoms with Crippen molar-refractivity contribution in [3.8, 4) is 11.5 Å². The molecule has 0 atom stereocenters. The first-order chi connectivity index (χ1) is 12.0. The Labute approximate surface area is 145 Å². The number of benzene rings is 2. The highest BCUT2D eigenvalue weighted by atomic mass is 19.1. The number of aryl methyl sites for hydroxylation is 1. The van der Waals surface area contributed by atoms with Crippen LogP contribution in [0.2, 0.25) is 0 Å². The lowest BCUT2D eigenvalue weighted by molar-refractivity contribution is 0.0795. The first-order valence-electron chi connectivity index (χ1n) is 7.93. The lowest BCUT2D eigenvalue weighted by Crippen LogP contribution is -2.29. The number of hydrogen-bond acceptors (Lipinski definition) is 4. The minimum absolute atomic E-state index is 0.178. The number of nitrogens with zero attached hydrogens (tertiary/aromatic N) is 3. The maximum atomic E-state index is 12.9. The molecule has 0 N–H and O–H groups in total. The van der Waals surface area contributed by atoms with Gasteiger partial charge in [-0.3, -0.25) is 4.79 Å². The lowest BCUT2D eigenvalue weighted by Gasteiger charge is -2.16. The molecule has 0 saturated heterocycles. The third-order valence-electron chi connectivity index (χ3n) is 3.84. The molecule has 3 aromatic rings. The van der Waals surface area contributed by atoms with Gasteiger partial charge >= 0.3 is 0 Å². The van der Waals surface area contributed by atoms with Gasteiger partial charge in [0.25, 0.3) is 11.8 Å². The Morgan fingerprint density at radius 1 is 1.20 bits per heavy atom. The zero-order valence-corrected chi connectivity index (χ0v) is 14.1. The number of halogens is 1. The van der Waals surface area contributed by atoms with Gasteiger partial charge in [0.1, 0.15) is 5.82 Å². The quantitative estimate of drug-likeness (QED) is 0.714. The number of carbonyl (C=O) groups is 1. The van der Waals surface area contributed by atoms with Crippen LogP contribution in [0, 0.1) is 12.7 Å². The predicted molar refractivity (Wildman–Crippen MR) is 91.5 cm³/mol. The van der Waals surface area contributed by atoms with Gasteiger partial charge in [0.2, 0.25) is 0 Å². The lowest BCUT2D eigenvalue weighted by atomic mass is 10.1. The second kappa shape index (κ2) is 7.25. The SMILES string of the molecule is Cc1cccc(-c2nc(CCN(C)C(=O)c3ccc(F)cc3)no2)c1. The number of aromatic nitrogens is 2. The predicted octanol–water partition coefficient (Wildman–Crippen LogP) is 3.50. The fourth-order valence-corrected chi connectivity index (χ4v) is 2.43. The maximum Gasteiger partial charge on any atom is 0.257 e.